The summed E-state index contributed by atoms with van der Waals surface area (Å²) in [7, 11) is 1.63. The molecule has 5 nitrogen and oxygen atoms in total. The van der Waals surface area contributed by atoms with E-state index >= 15 is 0 Å². The second-order valence-corrected chi connectivity index (χ2v) is 4.90. The first kappa shape index (κ1) is 14.1. The summed E-state index contributed by atoms with van der Waals surface area (Å²) in [5.41, 5.74) is 2.31. The van der Waals surface area contributed by atoms with E-state index in [-0.39, 0.29) is 11.6 Å². The van der Waals surface area contributed by atoms with Crippen molar-refractivity contribution in [2.24, 2.45) is 0 Å². The van der Waals surface area contributed by atoms with Crippen LogP contribution in [-0.2, 0) is 0 Å². The van der Waals surface area contributed by atoms with Gasteiger partial charge in [0.15, 0.2) is 11.5 Å². The number of carboxylic acid groups (broad SMARTS) is 1. The summed E-state index contributed by atoms with van der Waals surface area (Å²) in [6.45, 7) is 5.82. The van der Waals surface area contributed by atoms with Crippen LogP contribution in [0.1, 0.15) is 41.4 Å². The van der Waals surface area contributed by atoms with E-state index in [0.717, 1.165) is 16.9 Å². The zero-order valence-electron chi connectivity index (χ0n) is 11.9. The molecular weight excluding hydrogens is 258 g/mol. The maximum atomic E-state index is 11.0. The summed E-state index contributed by atoms with van der Waals surface area (Å²) in [5.74, 6) is 0.480. The zero-order valence-corrected chi connectivity index (χ0v) is 11.9. The van der Waals surface area contributed by atoms with Gasteiger partial charge in [-0.1, -0.05) is 19.0 Å². The average molecular weight is 275 g/mol. The van der Waals surface area contributed by atoms with E-state index in [9.17, 15) is 4.79 Å². The highest BCUT2D eigenvalue weighted by Gasteiger charge is 2.20. The Morgan fingerprint density at radius 2 is 2.10 bits per heavy atom. The second-order valence-electron chi connectivity index (χ2n) is 4.90. The fourth-order valence-electron chi connectivity index (χ4n) is 2.13. The molecule has 0 saturated heterocycles. The lowest BCUT2D eigenvalue weighted by atomic mass is 9.97. The van der Waals surface area contributed by atoms with E-state index in [2.05, 4.69) is 19.0 Å². The molecule has 0 radical (unpaired) electrons. The number of hydrogen-bond acceptors (Lipinski definition) is 4. The Kier molecular flexibility index (Phi) is 3.79. The van der Waals surface area contributed by atoms with Gasteiger partial charge in [0, 0.05) is 11.1 Å². The molecule has 0 aliphatic heterocycles. The Bertz CT molecular complexity index is 643. The molecule has 0 fully saturated rings. The highest BCUT2D eigenvalue weighted by atomic mass is 16.5. The summed E-state index contributed by atoms with van der Waals surface area (Å²) in [6.07, 6.45) is 0. The molecule has 0 aliphatic rings. The van der Waals surface area contributed by atoms with Crippen molar-refractivity contribution in [3.8, 4) is 17.1 Å². The minimum Gasteiger partial charge on any atom is -0.496 e. The Balaban J connectivity index is 2.54. The van der Waals surface area contributed by atoms with Crippen molar-refractivity contribution in [3.05, 3.63) is 35.0 Å². The van der Waals surface area contributed by atoms with Crippen LogP contribution in [0.3, 0.4) is 0 Å². The van der Waals surface area contributed by atoms with E-state index in [1.807, 2.05) is 18.2 Å². The SMILES string of the molecule is COc1ccc(-c2onc(C(=O)O)c2C)cc1C(C)C. The summed E-state index contributed by atoms with van der Waals surface area (Å²) in [6, 6.07) is 5.64. The van der Waals surface area contributed by atoms with Gasteiger partial charge in [-0.2, -0.15) is 0 Å². The molecule has 0 bridgehead atoms. The first-order chi connectivity index (χ1) is 9.45. The van der Waals surface area contributed by atoms with Crippen LogP contribution >= 0.6 is 0 Å². The molecule has 2 rings (SSSR count). The molecule has 0 atom stereocenters. The predicted molar refractivity (Wildman–Crippen MR) is 74.3 cm³/mol. The number of hydrogen-bond donors (Lipinski definition) is 1. The fraction of sp³-hybridized carbons (Fsp3) is 0.333. The van der Waals surface area contributed by atoms with E-state index < -0.39 is 5.97 Å². The lowest BCUT2D eigenvalue weighted by Crippen LogP contribution is -1.98. The molecule has 1 aromatic carbocycles. The van der Waals surface area contributed by atoms with Crippen LogP contribution in [0.2, 0.25) is 0 Å². The van der Waals surface area contributed by atoms with Crippen molar-refractivity contribution in [2.45, 2.75) is 26.7 Å². The van der Waals surface area contributed by atoms with Crippen molar-refractivity contribution < 1.29 is 19.2 Å². The van der Waals surface area contributed by atoms with Crippen molar-refractivity contribution >= 4 is 5.97 Å². The van der Waals surface area contributed by atoms with Gasteiger partial charge in [-0.3, -0.25) is 0 Å². The Morgan fingerprint density at radius 3 is 2.60 bits per heavy atom. The highest BCUT2D eigenvalue weighted by molar-refractivity contribution is 5.89. The van der Waals surface area contributed by atoms with Crippen molar-refractivity contribution in [1.29, 1.82) is 0 Å². The van der Waals surface area contributed by atoms with Gasteiger partial charge in [-0.05, 0) is 36.6 Å². The Hall–Kier alpha value is -2.30. The normalized spacial score (nSPS) is 10.8. The molecule has 5 heteroatoms. The summed E-state index contributed by atoms with van der Waals surface area (Å²) in [5, 5.41) is 12.6. The van der Waals surface area contributed by atoms with Crippen molar-refractivity contribution in [2.75, 3.05) is 7.11 Å². The van der Waals surface area contributed by atoms with Crippen LogP contribution in [-0.4, -0.2) is 23.3 Å². The summed E-state index contributed by atoms with van der Waals surface area (Å²) in [4.78, 5) is 11.0. The molecule has 0 spiro atoms. The minimum atomic E-state index is -1.09. The number of carboxylic acids is 1. The smallest absolute Gasteiger partial charge is 0.358 e. The first-order valence-corrected chi connectivity index (χ1v) is 6.33. The maximum Gasteiger partial charge on any atom is 0.358 e. The van der Waals surface area contributed by atoms with Gasteiger partial charge < -0.3 is 14.4 Å². The van der Waals surface area contributed by atoms with Gasteiger partial charge in [0.1, 0.15) is 5.75 Å². The quantitative estimate of drug-likeness (QED) is 0.924. The Morgan fingerprint density at radius 1 is 1.40 bits per heavy atom. The third-order valence-corrected chi connectivity index (χ3v) is 3.24. The Labute approximate surface area is 117 Å². The summed E-state index contributed by atoms with van der Waals surface area (Å²) >= 11 is 0. The van der Waals surface area contributed by atoms with Crippen LogP contribution in [0.25, 0.3) is 11.3 Å². The van der Waals surface area contributed by atoms with Gasteiger partial charge >= 0.3 is 5.97 Å². The molecule has 1 N–H and O–H groups in total. The number of rotatable bonds is 4. The number of aromatic carboxylic acids is 1. The molecule has 0 aliphatic carbocycles. The zero-order chi connectivity index (χ0) is 14.9. The van der Waals surface area contributed by atoms with Crippen LogP contribution in [0.15, 0.2) is 22.7 Å². The number of benzene rings is 1. The van der Waals surface area contributed by atoms with E-state index in [4.69, 9.17) is 14.4 Å². The molecule has 0 saturated carbocycles. The number of nitrogens with zero attached hydrogens (tertiary/aromatic N) is 1. The highest BCUT2D eigenvalue weighted by Crippen LogP contribution is 2.33. The second kappa shape index (κ2) is 5.36. The van der Waals surface area contributed by atoms with Crippen molar-refractivity contribution in [1.82, 2.24) is 5.16 Å². The third kappa shape index (κ3) is 2.39. The van der Waals surface area contributed by atoms with E-state index in [0.29, 0.717) is 11.3 Å². The summed E-state index contributed by atoms with van der Waals surface area (Å²) < 4.78 is 10.5. The lowest BCUT2D eigenvalue weighted by molar-refractivity contribution is 0.0685. The van der Waals surface area contributed by atoms with Gasteiger partial charge in [-0.25, -0.2) is 4.79 Å². The standard InChI is InChI=1S/C15H17NO4/c1-8(2)11-7-10(5-6-12(11)19-4)14-9(3)13(15(17)18)16-20-14/h5-8H,1-4H3,(H,17,18). The maximum absolute atomic E-state index is 11.0. The molecule has 0 amide bonds. The van der Waals surface area contributed by atoms with Crippen LogP contribution in [0.5, 0.6) is 5.75 Å². The monoisotopic (exact) mass is 275 g/mol. The fourth-order valence-corrected chi connectivity index (χ4v) is 2.13. The molecule has 106 valence electrons. The van der Waals surface area contributed by atoms with Crippen LogP contribution < -0.4 is 4.74 Å². The predicted octanol–water partition coefficient (Wildman–Crippen LogP) is 3.48. The van der Waals surface area contributed by atoms with Gasteiger partial charge in [0.25, 0.3) is 0 Å². The lowest BCUT2D eigenvalue weighted by Gasteiger charge is -2.12. The van der Waals surface area contributed by atoms with Gasteiger partial charge in [0.05, 0.1) is 7.11 Å². The number of ether oxygens (including phenoxy) is 1. The van der Waals surface area contributed by atoms with Crippen molar-refractivity contribution in [3.63, 3.8) is 0 Å². The minimum absolute atomic E-state index is 0.0538. The first-order valence-electron chi connectivity index (χ1n) is 6.33. The molecule has 1 heterocycles. The molecular formula is C15H17NO4. The number of aromatic nitrogens is 1. The largest absolute Gasteiger partial charge is 0.496 e. The molecule has 1 aromatic heterocycles. The van der Waals surface area contributed by atoms with Crippen LogP contribution in [0.4, 0.5) is 0 Å². The van der Waals surface area contributed by atoms with E-state index in [1.165, 1.54) is 0 Å². The molecule has 0 unspecified atom stereocenters. The average Bonchev–Trinajstić information content (AvgIpc) is 2.79. The van der Waals surface area contributed by atoms with Crippen LogP contribution in [0, 0.1) is 6.92 Å². The molecule has 20 heavy (non-hydrogen) atoms. The number of methoxy groups -OCH3 is 1. The molecule has 2 aromatic rings. The topological polar surface area (TPSA) is 72.6 Å². The van der Waals surface area contributed by atoms with Gasteiger partial charge in [0.2, 0.25) is 0 Å². The number of carbonyl (C=O) groups is 1. The van der Waals surface area contributed by atoms with E-state index in [1.54, 1.807) is 14.0 Å². The third-order valence-electron chi connectivity index (χ3n) is 3.24. The van der Waals surface area contributed by atoms with Gasteiger partial charge in [-0.15, -0.1) is 0 Å².